The molecule has 188 valence electrons. The fourth-order valence-electron chi connectivity index (χ4n) is 6.89. The molecule has 3 aliphatic carbocycles. The Kier molecular flexibility index (Phi) is 8.55. The molecule has 0 amide bonds. The van der Waals surface area contributed by atoms with Crippen LogP contribution in [0.3, 0.4) is 0 Å². The highest BCUT2D eigenvalue weighted by Gasteiger charge is 2.31. The van der Waals surface area contributed by atoms with Crippen LogP contribution in [-0.2, 0) is 0 Å². The Morgan fingerprint density at radius 2 is 1.14 bits per heavy atom. The second-order valence-corrected chi connectivity index (χ2v) is 12.0. The highest BCUT2D eigenvalue weighted by atomic mass is 32.2. The molecule has 0 N–H and O–H groups in total. The molecule has 0 heterocycles. The Morgan fingerprint density at radius 3 is 1.60 bits per heavy atom. The van der Waals surface area contributed by atoms with Crippen LogP contribution in [0.25, 0.3) is 0 Å². The van der Waals surface area contributed by atoms with Crippen molar-refractivity contribution >= 4 is 17.7 Å². The number of rotatable bonds is 6. The average molecular weight is 491 g/mol. The third-order valence-electron chi connectivity index (χ3n) is 8.86. The lowest BCUT2D eigenvalue weighted by Crippen LogP contribution is -2.21. The average Bonchev–Trinajstić information content (AvgIpc) is 2.94. The molecule has 3 aliphatic rings. The largest absolute Gasteiger partial charge is 0.423 e. The molecule has 0 aromatic heterocycles. The summed E-state index contributed by atoms with van der Waals surface area (Å²) in [6.45, 7) is 0. The van der Waals surface area contributed by atoms with Crippen molar-refractivity contribution < 1.29 is 9.53 Å². The first-order valence-electron chi connectivity index (χ1n) is 14.3. The van der Waals surface area contributed by atoms with Crippen LogP contribution < -0.4 is 4.74 Å². The molecule has 2 nitrogen and oxygen atoms in total. The second-order valence-electron chi connectivity index (χ2n) is 11.1. The van der Waals surface area contributed by atoms with Gasteiger partial charge < -0.3 is 4.74 Å². The van der Waals surface area contributed by atoms with Gasteiger partial charge in [-0.2, -0.15) is 0 Å². The van der Waals surface area contributed by atoms with Crippen LogP contribution in [0.1, 0.15) is 141 Å². The van der Waals surface area contributed by atoms with E-state index >= 15 is 0 Å². The predicted molar refractivity (Wildman–Crippen MR) is 147 cm³/mol. The number of benzene rings is 2. The summed E-state index contributed by atoms with van der Waals surface area (Å²) in [6.07, 6.45) is 21.4. The number of thioether (sulfide) groups is 1. The lowest BCUT2D eigenvalue weighted by atomic mass is 9.73. The molecule has 3 heteroatoms. The summed E-state index contributed by atoms with van der Waals surface area (Å²) in [5, 5.41) is 0. The molecule has 5 rings (SSSR count). The van der Waals surface area contributed by atoms with Gasteiger partial charge in [0.25, 0.3) is 0 Å². The van der Waals surface area contributed by atoms with E-state index in [9.17, 15) is 4.79 Å². The van der Waals surface area contributed by atoms with E-state index in [1.54, 1.807) is 11.8 Å². The van der Waals surface area contributed by atoms with Gasteiger partial charge in [0.05, 0.1) is 5.56 Å². The van der Waals surface area contributed by atoms with Gasteiger partial charge in [-0.25, -0.2) is 4.79 Å². The topological polar surface area (TPSA) is 26.3 Å². The minimum absolute atomic E-state index is 0.127. The van der Waals surface area contributed by atoms with Crippen molar-refractivity contribution in [3.8, 4) is 5.75 Å². The molecule has 0 spiro atoms. The van der Waals surface area contributed by atoms with Crippen LogP contribution in [0.15, 0.2) is 41.3 Å². The van der Waals surface area contributed by atoms with Gasteiger partial charge in [0.2, 0.25) is 0 Å². The zero-order chi connectivity index (χ0) is 24.0. The van der Waals surface area contributed by atoms with Crippen LogP contribution in [0.5, 0.6) is 5.75 Å². The molecule has 3 fully saturated rings. The number of hydrogen-bond donors (Lipinski definition) is 0. The van der Waals surface area contributed by atoms with Crippen molar-refractivity contribution in [3.05, 3.63) is 58.7 Å². The first-order chi connectivity index (χ1) is 17.2. The molecule has 3 saturated carbocycles. The van der Waals surface area contributed by atoms with E-state index in [-0.39, 0.29) is 5.97 Å². The van der Waals surface area contributed by atoms with E-state index in [2.05, 4.69) is 18.4 Å². The Hall–Kier alpha value is -1.74. The summed E-state index contributed by atoms with van der Waals surface area (Å²) in [5.41, 5.74) is 5.09. The quantitative estimate of drug-likeness (QED) is 0.229. The van der Waals surface area contributed by atoms with Crippen molar-refractivity contribution in [1.29, 1.82) is 0 Å². The summed E-state index contributed by atoms with van der Waals surface area (Å²) in [6, 6.07) is 12.9. The number of carbonyl (C=O) groups excluding carboxylic acids is 1. The minimum Gasteiger partial charge on any atom is -0.423 e. The Balaban J connectivity index is 1.57. The maximum atomic E-state index is 14.0. The van der Waals surface area contributed by atoms with Crippen molar-refractivity contribution in [3.63, 3.8) is 0 Å². The lowest BCUT2D eigenvalue weighted by molar-refractivity contribution is 0.0730. The zero-order valence-electron chi connectivity index (χ0n) is 21.5. The number of esters is 1. The Bertz CT molecular complexity index is 938. The van der Waals surface area contributed by atoms with Gasteiger partial charge in [-0.15, -0.1) is 11.8 Å². The van der Waals surface area contributed by atoms with E-state index < -0.39 is 0 Å². The van der Waals surface area contributed by atoms with Crippen LogP contribution in [0.4, 0.5) is 0 Å². The number of hydrogen-bond acceptors (Lipinski definition) is 3. The van der Waals surface area contributed by atoms with E-state index in [0.29, 0.717) is 23.5 Å². The van der Waals surface area contributed by atoms with E-state index in [1.807, 2.05) is 24.3 Å². The predicted octanol–water partition coefficient (Wildman–Crippen LogP) is 9.77. The van der Waals surface area contributed by atoms with Gasteiger partial charge in [0.1, 0.15) is 5.75 Å². The summed E-state index contributed by atoms with van der Waals surface area (Å²) >= 11 is 1.71. The minimum atomic E-state index is -0.127. The normalized spacial score (nSPS) is 20.6. The molecule has 0 unspecified atom stereocenters. The maximum Gasteiger partial charge on any atom is 0.344 e. The molecule has 35 heavy (non-hydrogen) atoms. The van der Waals surface area contributed by atoms with Crippen LogP contribution in [0.2, 0.25) is 0 Å². The third kappa shape index (κ3) is 5.98. The molecule has 0 atom stereocenters. The van der Waals surface area contributed by atoms with E-state index in [4.69, 9.17) is 4.74 Å². The van der Waals surface area contributed by atoms with Gasteiger partial charge in [-0.05, 0) is 103 Å². The Labute approximate surface area is 216 Å². The second kappa shape index (κ2) is 12.0. The smallest absolute Gasteiger partial charge is 0.344 e. The monoisotopic (exact) mass is 490 g/mol. The molecule has 0 radical (unpaired) electrons. The third-order valence-corrected chi connectivity index (χ3v) is 9.61. The summed E-state index contributed by atoms with van der Waals surface area (Å²) in [4.78, 5) is 15.1. The van der Waals surface area contributed by atoms with Gasteiger partial charge >= 0.3 is 5.97 Å². The van der Waals surface area contributed by atoms with Crippen molar-refractivity contribution in [2.24, 2.45) is 0 Å². The first kappa shape index (κ1) is 24.9. The van der Waals surface area contributed by atoms with E-state index in [1.165, 1.54) is 118 Å². The number of carbonyl (C=O) groups is 1. The van der Waals surface area contributed by atoms with Crippen LogP contribution >= 0.6 is 11.8 Å². The van der Waals surface area contributed by atoms with Crippen LogP contribution in [0, 0.1) is 0 Å². The zero-order valence-corrected chi connectivity index (χ0v) is 22.3. The Morgan fingerprint density at radius 1 is 0.686 bits per heavy atom. The molecular weight excluding hydrogens is 448 g/mol. The summed E-state index contributed by atoms with van der Waals surface area (Å²) in [7, 11) is 0. The SMILES string of the molecule is CSc1ccc(OC(=O)c2c(C3CCCCC3)cc(C3CCCCC3)cc2C2CCCCC2)cc1. The summed E-state index contributed by atoms with van der Waals surface area (Å²) < 4.78 is 6.10. The molecule has 2 aromatic rings. The van der Waals surface area contributed by atoms with Gasteiger partial charge in [0.15, 0.2) is 0 Å². The highest BCUT2D eigenvalue weighted by molar-refractivity contribution is 7.98. The highest BCUT2D eigenvalue weighted by Crippen LogP contribution is 2.44. The fourth-order valence-corrected chi connectivity index (χ4v) is 7.30. The maximum absolute atomic E-state index is 14.0. The standard InChI is InChI=1S/C32H42O2S/c1-35-28-19-17-27(18-20-28)34-32(33)31-29(24-13-7-3-8-14-24)21-26(23-11-5-2-6-12-23)22-30(31)25-15-9-4-10-16-25/h17-25H,2-16H2,1H3. The fraction of sp³-hybridized carbons (Fsp3) is 0.594. The van der Waals surface area contributed by atoms with Crippen molar-refractivity contribution in [1.82, 2.24) is 0 Å². The molecule has 2 aromatic carbocycles. The molecule has 0 aliphatic heterocycles. The first-order valence-corrected chi connectivity index (χ1v) is 15.5. The number of ether oxygens (including phenoxy) is 1. The van der Waals surface area contributed by atoms with Crippen LogP contribution in [-0.4, -0.2) is 12.2 Å². The van der Waals surface area contributed by atoms with Gasteiger partial charge in [-0.1, -0.05) is 69.9 Å². The molecule has 0 bridgehead atoms. The van der Waals surface area contributed by atoms with Gasteiger partial charge in [0, 0.05) is 4.90 Å². The molecule has 0 saturated heterocycles. The lowest BCUT2D eigenvalue weighted by Gasteiger charge is -2.32. The van der Waals surface area contributed by atoms with Crippen molar-refractivity contribution in [2.45, 2.75) is 119 Å². The van der Waals surface area contributed by atoms with Gasteiger partial charge in [-0.3, -0.25) is 0 Å². The summed E-state index contributed by atoms with van der Waals surface area (Å²) in [5.74, 6) is 2.19. The van der Waals surface area contributed by atoms with Crippen molar-refractivity contribution in [2.75, 3.05) is 6.26 Å². The molecular formula is C32H42O2S. The van der Waals surface area contributed by atoms with E-state index in [0.717, 1.165) is 5.56 Å².